The summed E-state index contributed by atoms with van der Waals surface area (Å²) in [5, 5.41) is 2.00. The van der Waals surface area contributed by atoms with Gasteiger partial charge in [-0.05, 0) is 37.0 Å². The fourth-order valence-corrected chi connectivity index (χ4v) is 1.84. The first-order valence-electron chi connectivity index (χ1n) is 5.31. The van der Waals surface area contributed by atoms with E-state index in [0.29, 0.717) is 11.7 Å². The van der Waals surface area contributed by atoms with Gasteiger partial charge in [0.15, 0.2) is 11.4 Å². The van der Waals surface area contributed by atoms with Gasteiger partial charge in [0.05, 0.1) is 0 Å². The van der Waals surface area contributed by atoms with Crippen LogP contribution in [0.1, 0.15) is 27.7 Å². The molecule has 0 spiro atoms. The van der Waals surface area contributed by atoms with Crippen LogP contribution < -0.4 is 0 Å². The van der Waals surface area contributed by atoms with E-state index in [9.17, 15) is 4.79 Å². The second-order valence-electron chi connectivity index (χ2n) is 4.55. The fraction of sp³-hybridized carbons (Fsp3) is 0.583. The van der Waals surface area contributed by atoms with Gasteiger partial charge >= 0.3 is 6.16 Å². The molecule has 0 atom stereocenters. The van der Waals surface area contributed by atoms with E-state index in [4.69, 9.17) is 9.47 Å². The maximum Gasteiger partial charge on any atom is 0.514 e. The van der Waals surface area contributed by atoms with Crippen molar-refractivity contribution < 1.29 is 14.3 Å². The topological polar surface area (TPSA) is 35.5 Å². The average molecular weight is 242 g/mol. The lowest BCUT2D eigenvalue weighted by molar-refractivity contribution is 0.0872. The molecule has 1 heterocycles. The molecular weight excluding hydrogens is 224 g/mol. The first-order valence-corrected chi connectivity index (χ1v) is 6.36. The summed E-state index contributed by atoms with van der Waals surface area (Å²) < 4.78 is 9.93. The van der Waals surface area contributed by atoms with Crippen molar-refractivity contribution in [2.75, 3.05) is 5.75 Å². The summed E-state index contributed by atoms with van der Waals surface area (Å²) in [7, 11) is 0. The Hall–Kier alpha value is -0.900. The highest BCUT2D eigenvalue weighted by Gasteiger charge is 2.38. The Bertz CT molecular complexity index is 316. The van der Waals surface area contributed by atoms with Crippen molar-refractivity contribution >= 4 is 17.9 Å². The third-order valence-electron chi connectivity index (χ3n) is 1.98. The molecule has 4 heteroatoms. The van der Waals surface area contributed by atoms with Crippen molar-refractivity contribution in [1.29, 1.82) is 0 Å². The minimum Gasteiger partial charge on any atom is -0.420 e. The number of hydrogen-bond acceptors (Lipinski definition) is 4. The molecule has 0 unspecified atom stereocenters. The van der Waals surface area contributed by atoms with Gasteiger partial charge in [0.25, 0.3) is 0 Å². The van der Waals surface area contributed by atoms with Crippen molar-refractivity contribution in [2.45, 2.75) is 33.3 Å². The Morgan fingerprint density at radius 1 is 1.44 bits per heavy atom. The van der Waals surface area contributed by atoms with E-state index in [2.05, 4.69) is 13.8 Å². The minimum absolute atomic E-state index is 0.555. The van der Waals surface area contributed by atoms with Gasteiger partial charge in [-0.2, -0.15) is 0 Å². The molecule has 1 aliphatic rings. The fourth-order valence-electron chi connectivity index (χ4n) is 1.16. The normalized spacial score (nSPS) is 21.8. The van der Waals surface area contributed by atoms with Gasteiger partial charge in [0.2, 0.25) is 0 Å². The second kappa shape index (κ2) is 5.43. The number of hydrogen-bond donors (Lipinski definition) is 0. The zero-order valence-corrected chi connectivity index (χ0v) is 11.0. The average Bonchev–Trinajstić information content (AvgIpc) is 2.38. The van der Waals surface area contributed by atoms with E-state index in [0.717, 1.165) is 5.75 Å². The number of cyclic esters (lactones) is 2. The van der Waals surface area contributed by atoms with Crippen LogP contribution >= 0.6 is 11.8 Å². The zero-order valence-electron chi connectivity index (χ0n) is 10.1. The van der Waals surface area contributed by atoms with Crippen LogP contribution in [0.3, 0.4) is 0 Å². The van der Waals surface area contributed by atoms with E-state index < -0.39 is 11.8 Å². The molecule has 1 rings (SSSR count). The summed E-state index contributed by atoms with van der Waals surface area (Å²) >= 11 is 1.74. The van der Waals surface area contributed by atoms with Crippen molar-refractivity contribution in [3.05, 3.63) is 23.3 Å². The Morgan fingerprint density at radius 3 is 2.62 bits per heavy atom. The van der Waals surface area contributed by atoms with E-state index >= 15 is 0 Å². The monoisotopic (exact) mass is 242 g/mol. The molecule has 0 bridgehead atoms. The van der Waals surface area contributed by atoms with Crippen molar-refractivity contribution in [1.82, 2.24) is 0 Å². The number of thioether (sulfide) groups is 1. The summed E-state index contributed by atoms with van der Waals surface area (Å²) in [5.74, 6) is 2.31. The molecule has 1 saturated heterocycles. The highest BCUT2D eigenvalue weighted by Crippen LogP contribution is 2.29. The summed E-state index contributed by atoms with van der Waals surface area (Å²) in [4.78, 5) is 10.9. The van der Waals surface area contributed by atoms with Crippen LogP contribution in [-0.4, -0.2) is 17.5 Å². The largest absolute Gasteiger partial charge is 0.514 e. The minimum atomic E-state index is -0.649. The van der Waals surface area contributed by atoms with Gasteiger partial charge in [0, 0.05) is 0 Å². The molecule has 0 saturated carbocycles. The van der Waals surface area contributed by atoms with Crippen LogP contribution in [-0.2, 0) is 9.47 Å². The quantitative estimate of drug-likeness (QED) is 0.704. The van der Waals surface area contributed by atoms with Crippen molar-refractivity contribution in [3.63, 3.8) is 0 Å². The highest BCUT2D eigenvalue weighted by atomic mass is 32.2. The van der Waals surface area contributed by atoms with Gasteiger partial charge in [-0.1, -0.05) is 19.9 Å². The Morgan fingerprint density at radius 2 is 2.12 bits per heavy atom. The lowest BCUT2D eigenvalue weighted by atomic mass is 10.1. The van der Waals surface area contributed by atoms with Crippen molar-refractivity contribution in [3.8, 4) is 0 Å². The van der Waals surface area contributed by atoms with E-state index in [-0.39, 0.29) is 0 Å². The summed E-state index contributed by atoms with van der Waals surface area (Å²) in [6.45, 7) is 7.96. The molecule has 0 aliphatic carbocycles. The number of ether oxygens (including phenoxy) is 2. The third kappa shape index (κ3) is 3.93. The zero-order chi connectivity index (χ0) is 12.2. The molecule has 0 aromatic carbocycles. The van der Waals surface area contributed by atoms with Crippen LogP contribution in [0.2, 0.25) is 0 Å². The Kier molecular flexibility index (Phi) is 4.47. The predicted octanol–water partition coefficient (Wildman–Crippen LogP) is 3.72. The van der Waals surface area contributed by atoms with Gasteiger partial charge in [-0.25, -0.2) is 4.79 Å². The van der Waals surface area contributed by atoms with Gasteiger partial charge < -0.3 is 9.47 Å². The molecule has 1 aliphatic heterocycles. The molecule has 90 valence electrons. The molecule has 0 aromatic heterocycles. The molecule has 1 fully saturated rings. The number of allylic oxidation sites excluding steroid dienone is 2. The van der Waals surface area contributed by atoms with Crippen molar-refractivity contribution in [2.24, 2.45) is 5.92 Å². The van der Waals surface area contributed by atoms with Crippen LogP contribution in [0.4, 0.5) is 4.79 Å². The SMILES string of the molecule is CC(C)CS/C=C/C=C1\OC(=O)OC1(C)C. The first-order chi connectivity index (χ1) is 7.42. The summed E-state index contributed by atoms with van der Waals surface area (Å²) in [6.07, 6.45) is 3.03. The molecule has 0 radical (unpaired) electrons. The van der Waals surface area contributed by atoms with E-state index in [1.54, 1.807) is 31.7 Å². The summed E-state index contributed by atoms with van der Waals surface area (Å²) in [5.41, 5.74) is -0.649. The van der Waals surface area contributed by atoms with Crippen LogP contribution in [0.25, 0.3) is 0 Å². The van der Waals surface area contributed by atoms with E-state index in [1.165, 1.54) is 0 Å². The molecule has 0 aromatic rings. The summed E-state index contributed by atoms with van der Waals surface area (Å²) in [6, 6.07) is 0. The lowest BCUT2D eigenvalue weighted by Crippen LogP contribution is -2.20. The lowest BCUT2D eigenvalue weighted by Gasteiger charge is -2.12. The number of carbonyl (C=O) groups is 1. The first kappa shape index (κ1) is 13.2. The van der Waals surface area contributed by atoms with Gasteiger partial charge in [-0.3, -0.25) is 0 Å². The molecule has 0 amide bonds. The van der Waals surface area contributed by atoms with Gasteiger partial charge in [0.1, 0.15) is 0 Å². The molecular formula is C12H18O3S. The number of carbonyl (C=O) groups excluding carboxylic acids is 1. The Labute approximate surface area is 101 Å². The maximum atomic E-state index is 10.9. The number of rotatable bonds is 4. The Balaban J connectivity index is 2.48. The predicted molar refractivity (Wildman–Crippen MR) is 66.2 cm³/mol. The van der Waals surface area contributed by atoms with Crippen LogP contribution in [0.15, 0.2) is 23.3 Å². The van der Waals surface area contributed by atoms with E-state index in [1.807, 2.05) is 11.5 Å². The molecule has 0 N–H and O–H groups in total. The second-order valence-corrected chi connectivity index (χ2v) is 5.49. The highest BCUT2D eigenvalue weighted by molar-refractivity contribution is 8.02. The standard InChI is InChI=1S/C12H18O3S/c1-9(2)8-16-7-5-6-10-12(3,4)15-11(13)14-10/h5-7,9H,8H2,1-4H3/b7-5+,10-6-. The van der Waals surface area contributed by atoms with Gasteiger partial charge in [-0.15, -0.1) is 11.8 Å². The molecule has 16 heavy (non-hydrogen) atoms. The molecule has 3 nitrogen and oxygen atoms in total. The van der Waals surface area contributed by atoms with Crippen LogP contribution in [0.5, 0.6) is 0 Å². The van der Waals surface area contributed by atoms with Crippen LogP contribution in [0, 0.1) is 5.92 Å². The maximum absolute atomic E-state index is 10.9. The third-order valence-corrected chi connectivity index (χ3v) is 3.19. The smallest absolute Gasteiger partial charge is 0.420 e.